The summed E-state index contributed by atoms with van der Waals surface area (Å²) < 4.78 is 4.52. The minimum Gasteiger partial charge on any atom is -0.469 e. The first-order chi connectivity index (χ1) is 4.29. The van der Waals surface area contributed by atoms with Crippen molar-refractivity contribution in [2.75, 3.05) is 7.11 Å². The molecule has 2 nitrogen and oxygen atoms in total. The lowest BCUT2D eigenvalue weighted by molar-refractivity contribution is -0.142. The zero-order valence-electron chi connectivity index (χ0n) is 5.46. The van der Waals surface area contributed by atoms with Crippen LogP contribution in [0, 0.1) is 11.8 Å². The first-order valence-electron chi connectivity index (χ1n) is 3.00. The summed E-state index contributed by atoms with van der Waals surface area (Å²) in [6.07, 6.45) is 2.73. The van der Waals surface area contributed by atoms with Crippen LogP contribution in [0.3, 0.4) is 0 Å². The van der Waals surface area contributed by atoms with Crippen molar-refractivity contribution < 1.29 is 9.53 Å². The number of carbonyl (C=O) groups is 1. The Morgan fingerprint density at radius 1 is 1.89 bits per heavy atom. The summed E-state index contributed by atoms with van der Waals surface area (Å²) >= 11 is 0. The van der Waals surface area contributed by atoms with Crippen LogP contribution in [0.15, 0.2) is 12.7 Å². The topological polar surface area (TPSA) is 26.3 Å². The van der Waals surface area contributed by atoms with Crippen LogP contribution in [-0.4, -0.2) is 13.1 Å². The van der Waals surface area contributed by atoms with Gasteiger partial charge in [0.1, 0.15) is 0 Å². The van der Waals surface area contributed by atoms with Gasteiger partial charge >= 0.3 is 5.97 Å². The molecule has 0 heterocycles. The van der Waals surface area contributed by atoms with Crippen molar-refractivity contribution in [2.24, 2.45) is 11.8 Å². The number of methoxy groups -OCH3 is 1. The molecule has 50 valence electrons. The van der Waals surface area contributed by atoms with E-state index < -0.39 is 0 Å². The van der Waals surface area contributed by atoms with Crippen molar-refractivity contribution in [3.8, 4) is 0 Å². The van der Waals surface area contributed by atoms with Crippen LogP contribution in [0.25, 0.3) is 0 Å². The van der Waals surface area contributed by atoms with E-state index >= 15 is 0 Å². The fourth-order valence-electron chi connectivity index (χ4n) is 0.898. The molecular formula is C7H10O2. The molecule has 1 rings (SSSR count). The van der Waals surface area contributed by atoms with Gasteiger partial charge in [0.05, 0.1) is 13.0 Å². The summed E-state index contributed by atoms with van der Waals surface area (Å²) in [7, 11) is 1.42. The molecular weight excluding hydrogens is 116 g/mol. The summed E-state index contributed by atoms with van der Waals surface area (Å²) in [6.45, 7) is 3.58. The van der Waals surface area contributed by atoms with Crippen LogP contribution in [0.4, 0.5) is 0 Å². The first kappa shape index (κ1) is 6.33. The van der Waals surface area contributed by atoms with Crippen molar-refractivity contribution in [1.82, 2.24) is 0 Å². The van der Waals surface area contributed by atoms with Gasteiger partial charge in [0.15, 0.2) is 0 Å². The SMILES string of the molecule is C=CC1CC1C(=O)OC. The molecule has 1 saturated carbocycles. The van der Waals surface area contributed by atoms with Crippen molar-refractivity contribution in [3.63, 3.8) is 0 Å². The molecule has 0 N–H and O–H groups in total. The van der Waals surface area contributed by atoms with Crippen molar-refractivity contribution in [1.29, 1.82) is 0 Å². The minimum absolute atomic E-state index is 0.0973. The fourth-order valence-corrected chi connectivity index (χ4v) is 0.898. The van der Waals surface area contributed by atoms with E-state index in [9.17, 15) is 4.79 Å². The van der Waals surface area contributed by atoms with Gasteiger partial charge in [0, 0.05) is 0 Å². The smallest absolute Gasteiger partial charge is 0.309 e. The highest BCUT2D eigenvalue weighted by Crippen LogP contribution is 2.39. The lowest BCUT2D eigenvalue weighted by atomic mass is 10.3. The van der Waals surface area contributed by atoms with Gasteiger partial charge in [-0.15, -0.1) is 6.58 Å². The summed E-state index contributed by atoms with van der Waals surface area (Å²) in [5, 5.41) is 0. The summed E-state index contributed by atoms with van der Waals surface area (Å²) in [6, 6.07) is 0. The quantitative estimate of drug-likeness (QED) is 0.407. The second-order valence-corrected chi connectivity index (χ2v) is 2.26. The summed E-state index contributed by atoms with van der Waals surface area (Å²) in [4.78, 5) is 10.7. The van der Waals surface area contributed by atoms with Crippen molar-refractivity contribution in [2.45, 2.75) is 6.42 Å². The second kappa shape index (κ2) is 2.21. The molecule has 2 unspecified atom stereocenters. The Balaban J connectivity index is 2.33. The van der Waals surface area contributed by atoms with E-state index in [-0.39, 0.29) is 11.9 Å². The lowest BCUT2D eigenvalue weighted by Gasteiger charge is -1.92. The highest BCUT2D eigenvalue weighted by atomic mass is 16.5. The van der Waals surface area contributed by atoms with Gasteiger partial charge < -0.3 is 4.74 Å². The number of carbonyl (C=O) groups excluding carboxylic acids is 1. The number of rotatable bonds is 2. The number of hydrogen-bond donors (Lipinski definition) is 0. The van der Waals surface area contributed by atoms with E-state index in [1.807, 2.05) is 6.08 Å². The maximum absolute atomic E-state index is 10.7. The highest BCUT2D eigenvalue weighted by molar-refractivity contribution is 5.75. The minimum atomic E-state index is -0.0973. The Morgan fingerprint density at radius 2 is 2.56 bits per heavy atom. The maximum atomic E-state index is 10.7. The number of ether oxygens (including phenoxy) is 1. The van der Waals surface area contributed by atoms with Gasteiger partial charge in [0.2, 0.25) is 0 Å². The van der Waals surface area contributed by atoms with Crippen LogP contribution >= 0.6 is 0 Å². The third-order valence-corrected chi connectivity index (χ3v) is 1.65. The molecule has 0 aliphatic heterocycles. The second-order valence-electron chi connectivity index (χ2n) is 2.26. The Bertz CT molecular complexity index is 140. The Hall–Kier alpha value is -0.790. The van der Waals surface area contributed by atoms with E-state index in [0.717, 1.165) is 6.42 Å². The van der Waals surface area contributed by atoms with E-state index in [1.165, 1.54) is 7.11 Å². The normalized spacial score (nSPS) is 31.2. The lowest BCUT2D eigenvalue weighted by Crippen LogP contribution is -2.03. The standard InChI is InChI=1S/C7H10O2/c1-3-5-4-6(5)7(8)9-2/h3,5-6H,1,4H2,2H3. The van der Waals surface area contributed by atoms with E-state index in [1.54, 1.807) is 0 Å². The van der Waals surface area contributed by atoms with Gasteiger partial charge in [-0.1, -0.05) is 6.08 Å². The number of esters is 1. The molecule has 9 heavy (non-hydrogen) atoms. The van der Waals surface area contributed by atoms with Gasteiger partial charge in [-0.2, -0.15) is 0 Å². The predicted molar refractivity (Wildman–Crippen MR) is 33.8 cm³/mol. The maximum Gasteiger partial charge on any atom is 0.309 e. The van der Waals surface area contributed by atoms with Gasteiger partial charge in [0.25, 0.3) is 0 Å². The zero-order valence-corrected chi connectivity index (χ0v) is 5.46. The number of allylic oxidation sites excluding steroid dienone is 1. The predicted octanol–water partition coefficient (Wildman–Crippen LogP) is 0.982. The van der Waals surface area contributed by atoms with Gasteiger partial charge in [-0.3, -0.25) is 4.79 Å². The van der Waals surface area contributed by atoms with Crippen molar-refractivity contribution >= 4 is 5.97 Å². The molecule has 1 aliphatic rings. The molecule has 0 aromatic rings. The summed E-state index contributed by atoms with van der Waals surface area (Å²) in [5.74, 6) is 0.407. The van der Waals surface area contributed by atoms with Gasteiger partial charge in [-0.25, -0.2) is 0 Å². The molecule has 0 aromatic carbocycles. The zero-order chi connectivity index (χ0) is 6.85. The third-order valence-electron chi connectivity index (χ3n) is 1.65. The average molecular weight is 126 g/mol. The molecule has 2 atom stereocenters. The largest absolute Gasteiger partial charge is 0.469 e. The summed E-state index contributed by atoms with van der Waals surface area (Å²) in [5.41, 5.74) is 0. The van der Waals surface area contributed by atoms with Crippen LogP contribution < -0.4 is 0 Å². The molecule has 0 spiro atoms. The highest BCUT2D eigenvalue weighted by Gasteiger charge is 2.41. The van der Waals surface area contributed by atoms with E-state index in [2.05, 4.69) is 11.3 Å². The van der Waals surface area contributed by atoms with Crippen LogP contribution in [0.2, 0.25) is 0 Å². The van der Waals surface area contributed by atoms with E-state index in [4.69, 9.17) is 0 Å². The Labute approximate surface area is 54.5 Å². The van der Waals surface area contributed by atoms with E-state index in [0.29, 0.717) is 5.92 Å². The molecule has 2 heteroatoms. The third kappa shape index (κ3) is 1.12. The molecule has 1 aliphatic carbocycles. The fraction of sp³-hybridized carbons (Fsp3) is 0.571. The average Bonchev–Trinajstić information content (AvgIpc) is 2.64. The van der Waals surface area contributed by atoms with Crippen molar-refractivity contribution in [3.05, 3.63) is 12.7 Å². The molecule has 1 fully saturated rings. The van der Waals surface area contributed by atoms with Crippen LogP contribution in [0.1, 0.15) is 6.42 Å². The monoisotopic (exact) mass is 126 g/mol. The molecule has 0 bridgehead atoms. The molecule has 0 amide bonds. The number of hydrogen-bond acceptors (Lipinski definition) is 2. The van der Waals surface area contributed by atoms with Gasteiger partial charge in [-0.05, 0) is 12.3 Å². The molecule has 0 aromatic heterocycles. The first-order valence-corrected chi connectivity index (χ1v) is 3.00. The molecule has 0 saturated heterocycles. The Morgan fingerprint density at radius 3 is 2.89 bits per heavy atom. The van der Waals surface area contributed by atoms with Crippen LogP contribution in [-0.2, 0) is 9.53 Å². The van der Waals surface area contributed by atoms with Crippen LogP contribution in [0.5, 0.6) is 0 Å². The Kier molecular flexibility index (Phi) is 1.56. The molecule has 0 radical (unpaired) electrons.